The maximum absolute atomic E-state index is 13.5. The number of para-hydroxylation sites is 1. The highest BCUT2D eigenvalue weighted by atomic mass is 19.4. The Morgan fingerprint density at radius 1 is 1.11 bits per heavy atom. The van der Waals surface area contributed by atoms with Crippen LogP contribution in [0.3, 0.4) is 0 Å². The minimum atomic E-state index is -4.60. The van der Waals surface area contributed by atoms with E-state index in [0.29, 0.717) is 22.4 Å². The fraction of sp³-hybridized carbons (Fsp3) is 0.280. The van der Waals surface area contributed by atoms with Crippen LogP contribution in [0.2, 0.25) is 0 Å². The number of amides is 1. The van der Waals surface area contributed by atoms with Crippen LogP contribution in [-0.4, -0.2) is 52.0 Å². The Kier molecular flexibility index (Phi) is 6.00. The summed E-state index contributed by atoms with van der Waals surface area (Å²) in [5.74, 6) is -0.725. The molecule has 0 saturated carbocycles. The molecule has 4 aromatic heterocycles. The van der Waals surface area contributed by atoms with Crippen LogP contribution in [0.15, 0.2) is 47.8 Å². The molecular weight excluding hydrogens is 501 g/mol. The van der Waals surface area contributed by atoms with E-state index in [9.17, 15) is 22.8 Å². The maximum atomic E-state index is 13.5. The Morgan fingerprint density at radius 2 is 1.87 bits per heavy atom. The number of imidazole rings is 1. The summed E-state index contributed by atoms with van der Waals surface area (Å²) in [6.45, 7) is 3.79. The number of hydrogen-bond donors (Lipinski definition) is 1. The molecule has 1 atom stereocenters. The van der Waals surface area contributed by atoms with Crippen LogP contribution in [0.25, 0.3) is 39.0 Å². The number of pyridine rings is 1. The van der Waals surface area contributed by atoms with Crippen LogP contribution in [0.4, 0.5) is 13.2 Å². The number of aryl methyl sites for hydroxylation is 3. The Labute approximate surface area is 213 Å². The molecule has 0 bridgehead atoms. The molecule has 0 radical (unpaired) electrons. The van der Waals surface area contributed by atoms with Crippen LogP contribution in [0.1, 0.15) is 18.2 Å². The molecule has 13 heteroatoms. The predicted molar refractivity (Wildman–Crippen MR) is 134 cm³/mol. The number of carbonyl (C=O) groups is 1. The van der Waals surface area contributed by atoms with Crippen molar-refractivity contribution in [2.75, 3.05) is 0 Å². The summed E-state index contributed by atoms with van der Waals surface area (Å²) >= 11 is 0. The molecule has 4 heterocycles. The van der Waals surface area contributed by atoms with Gasteiger partial charge < -0.3 is 5.32 Å². The summed E-state index contributed by atoms with van der Waals surface area (Å²) in [4.78, 5) is 39.5. The summed E-state index contributed by atoms with van der Waals surface area (Å²) in [5, 5.41) is 7.02. The van der Waals surface area contributed by atoms with Crippen molar-refractivity contribution < 1.29 is 18.0 Å². The zero-order valence-electron chi connectivity index (χ0n) is 20.9. The second-order valence-corrected chi connectivity index (χ2v) is 9.03. The van der Waals surface area contributed by atoms with Gasteiger partial charge in [0.25, 0.3) is 0 Å². The summed E-state index contributed by atoms with van der Waals surface area (Å²) in [7, 11) is 1.81. The first-order valence-electron chi connectivity index (χ1n) is 11.6. The van der Waals surface area contributed by atoms with E-state index in [0.717, 1.165) is 33.5 Å². The number of hydrogen-bond acceptors (Lipinski definition) is 6. The van der Waals surface area contributed by atoms with Crippen molar-refractivity contribution in [3.63, 3.8) is 0 Å². The number of fused-ring (bicyclic) bond motifs is 2. The van der Waals surface area contributed by atoms with Crippen LogP contribution in [-0.2, 0) is 18.4 Å². The van der Waals surface area contributed by atoms with E-state index < -0.39 is 30.4 Å². The molecule has 0 saturated heterocycles. The molecule has 0 aliphatic rings. The summed E-state index contributed by atoms with van der Waals surface area (Å²) in [5.41, 5.74) is 3.60. The maximum Gasteiger partial charge on any atom is 0.408 e. The van der Waals surface area contributed by atoms with Gasteiger partial charge in [-0.15, -0.1) is 0 Å². The first kappa shape index (κ1) is 25.1. The molecule has 1 aromatic carbocycles. The number of nitrogens with zero attached hydrogens (tertiary/aromatic N) is 7. The minimum Gasteiger partial charge on any atom is -0.343 e. The highest BCUT2D eigenvalue weighted by Gasteiger charge is 2.37. The van der Waals surface area contributed by atoms with E-state index in [1.165, 1.54) is 10.8 Å². The molecule has 1 amide bonds. The number of benzene rings is 1. The molecule has 0 fully saturated rings. The van der Waals surface area contributed by atoms with Gasteiger partial charge in [0.1, 0.15) is 12.6 Å². The standard InChI is InChI=1S/C25H23F3N8O2/c1-13-6-5-7-18-23(13)36(24(38)35(18)12-21(37)33-15(3)25(26,27)28)20-11-30-22(14(2)32-20)17-8-29-10-19-16(17)9-31-34(19)4/h5-11,15H,12H2,1-4H3,(H,33,37)/t15-/m0/s1. The van der Waals surface area contributed by atoms with E-state index in [2.05, 4.69) is 20.1 Å². The van der Waals surface area contributed by atoms with Gasteiger partial charge in [0.2, 0.25) is 5.91 Å². The van der Waals surface area contributed by atoms with Gasteiger partial charge in [-0.25, -0.2) is 14.3 Å². The number of aromatic nitrogens is 7. The molecule has 5 aromatic rings. The normalized spacial score (nSPS) is 12.8. The third kappa shape index (κ3) is 4.19. The largest absolute Gasteiger partial charge is 0.408 e. The first-order chi connectivity index (χ1) is 18.0. The zero-order chi connectivity index (χ0) is 27.4. The summed E-state index contributed by atoms with van der Waals surface area (Å²) in [6.07, 6.45) is 1.93. The van der Waals surface area contributed by atoms with Crippen LogP contribution in [0, 0.1) is 13.8 Å². The molecule has 0 spiro atoms. The second kappa shape index (κ2) is 9.08. The van der Waals surface area contributed by atoms with Crippen molar-refractivity contribution in [3.8, 4) is 17.1 Å². The number of nitrogens with one attached hydrogen (secondary N) is 1. The fourth-order valence-corrected chi connectivity index (χ4v) is 4.44. The molecule has 196 valence electrons. The lowest BCUT2D eigenvalue weighted by Gasteiger charge is -2.17. The van der Waals surface area contributed by atoms with Crippen molar-refractivity contribution in [3.05, 3.63) is 64.7 Å². The first-order valence-corrected chi connectivity index (χ1v) is 11.6. The summed E-state index contributed by atoms with van der Waals surface area (Å²) < 4.78 is 42.9. The summed E-state index contributed by atoms with van der Waals surface area (Å²) in [6, 6.07) is 3.07. The highest BCUT2D eigenvalue weighted by molar-refractivity contribution is 5.93. The van der Waals surface area contributed by atoms with Gasteiger partial charge in [0.15, 0.2) is 5.82 Å². The fourth-order valence-electron chi connectivity index (χ4n) is 4.44. The van der Waals surface area contributed by atoms with Crippen molar-refractivity contribution in [1.29, 1.82) is 0 Å². The molecule has 0 aliphatic carbocycles. The topological polar surface area (TPSA) is 113 Å². The van der Waals surface area contributed by atoms with Crippen molar-refractivity contribution >= 4 is 27.8 Å². The van der Waals surface area contributed by atoms with Crippen molar-refractivity contribution in [2.45, 2.75) is 39.5 Å². The molecule has 0 aliphatic heterocycles. The molecule has 0 unspecified atom stereocenters. The van der Waals surface area contributed by atoms with E-state index in [1.54, 1.807) is 55.3 Å². The lowest BCUT2D eigenvalue weighted by molar-refractivity contribution is -0.158. The predicted octanol–water partition coefficient (Wildman–Crippen LogP) is 3.21. The molecular formula is C25H23F3N8O2. The number of rotatable bonds is 5. The lowest BCUT2D eigenvalue weighted by Crippen LogP contribution is -2.45. The number of alkyl halides is 3. The Bertz CT molecular complexity index is 1770. The monoisotopic (exact) mass is 524 g/mol. The van der Waals surface area contributed by atoms with Crippen LogP contribution >= 0.6 is 0 Å². The van der Waals surface area contributed by atoms with Gasteiger partial charge in [0.05, 0.1) is 46.5 Å². The zero-order valence-corrected chi connectivity index (χ0v) is 20.9. The minimum absolute atomic E-state index is 0.213. The Balaban J connectivity index is 1.60. The van der Waals surface area contributed by atoms with Gasteiger partial charge in [-0.05, 0) is 32.4 Å². The van der Waals surface area contributed by atoms with Crippen LogP contribution < -0.4 is 11.0 Å². The molecule has 38 heavy (non-hydrogen) atoms. The van der Waals surface area contributed by atoms with E-state index in [1.807, 2.05) is 12.4 Å². The van der Waals surface area contributed by atoms with Gasteiger partial charge in [-0.3, -0.25) is 24.0 Å². The van der Waals surface area contributed by atoms with E-state index >= 15 is 0 Å². The van der Waals surface area contributed by atoms with Gasteiger partial charge >= 0.3 is 11.9 Å². The average Bonchev–Trinajstić information content (AvgIpc) is 3.37. The Hall–Kier alpha value is -4.55. The van der Waals surface area contributed by atoms with E-state index in [-0.39, 0.29) is 5.82 Å². The van der Waals surface area contributed by atoms with Crippen molar-refractivity contribution in [2.24, 2.45) is 7.05 Å². The number of carbonyl (C=O) groups excluding carboxylic acids is 1. The Morgan fingerprint density at radius 3 is 2.58 bits per heavy atom. The van der Waals surface area contributed by atoms with Gasteiger partial charge in [-0.1, -0.05) is 12.1 Å². The SMILES string of the molecule is Cc1nc(-n2c(=O)n(CC(=O)N[C@@H](C)C(F)(F)F)c3cccc(C)c32)cnc1-c1cncc2c1cnn2C. The van der Waals surface area contributed by atoms with Crippen LogP contribution in [0.5, 0.6) is 0 Å². The van der Waals surface area contributed by atoms with Gasteiger partial charge in [-0.2, -0.15) is 18.3 Å². The lowest BCUT2D eigenvalue weighted by atomic mass is 10.1. The third-order valence-electron chi connectivity index (χ3n) is 6.42. The van der Waals surface area contributed by atoms with Crippen molar-refractivity contribution in [1.82, 2.24) is 39.2 Å². The van der Waals surface area contributed by atoms with E-state index in [4.69, 9.17) is 0 Å². The third-order valence-corrected chi connectivity index (χ3v) is 6.42. The quantitative estimate of drug-likeness (QED) is 0.378. The van der Waals surface area contributed by atoms with Gasteiger partial charge in [0, 0.05) is 24.2 Å². The average molecular weight is 525 g/mol. The highest BCUT2D eigenvalue weighted by Crippen LogP contribution is 2.28. The molecule has 1 N–H and O–H groups in total. The second-order valence-electron chi connectivity index (χ2n) is 9.03. The molecule has 10 nitrogen and oxygen atoms in total. The number of halogens is 3. The molecule has 5 rings (SSSR count). The smallest absolute Gasteiger partial charge is 0.343 e.